The highest BCUT2D eigenvalue weighted by Gasteiger charge is 2.20. The minimum atomic E-state index is -0.670. The number of carbonyl (C=O) groups is 1. The zero-order chi connectivity index (χ0) is 14.0. The first-order valence-electron chi connectivity index (χ1n) is 5.28. The molecule has 1 aromatic heterocycles. The van der Waals surface area contributed by atoms with E-state index in [1.54, 1.807) is 0 Å². The number of nitrogens with two attached hydrogens (primary N) is 1. The van der Waals surface area contributed by atoms with Crippen molar-refractivity contribution < 1.29 is 23.9 Å². The van der Waals surface area contributed by atoms with Crippen LogP contribution in [0.3, 0.4) is 0 Å². The molecule has 19 heavy (non-hydrogen) atoms. The minimum Gasteiger partial charge on any atom is -0.507 e. The van der Waals surface area contributed by atoms with Crippen molar-refractivity contribution in [1.29, 1.82) is 0 Å². The summed E-state index contributed by atoms with van der Waals surface area (Å²) < 4.78 is 14.5. The first kappa shape index (κ1) is 12.7. The van der Waals surface area contributed by atoms with E-state index in [0.717, 1.165) is 0 Å². The Labute approximate surface area is 108 Å². The van der Waals surface area contributed by atoms with Gasteiger partial charge in [-0.2, -0.15) is 0 Å². The standard InChI is InChI=1S/C12H12N2O5/c1-17-10-4-9(15)7(12(16)18-2)3-6(10)8-5-14-19-11(8)13/h3-5,15H,13H2,1-2H3. The van der Waals surface area contributed by atoms with E-state index in [1.807, 2.05) is 0 Å². The molecule has 2 aromatic rings. The average molecular weight is 264 g/mol. The van der Waals surface area contributed by atoms with Crippen molar-refractivity contribution >= 4 is 11.9 Å². The Hall–Kier alpha value is -2.70. The van der Waals surface area contributed by atoms with Crippen LogP contribution in [0.5, 0.6) is 11.5 Å². The molecule has 0 aliphatic rings. The maximum absolute atomic E-state index is 11.5. The number of carbonyl (C=O) groups excluding carboxylic acids is 1. The molecule has 2 rings (SSSR count). The van der Waals surface area contributed by atoms with Crippen molar-refractivity contribution in [3.63, 3.8) is 0 Å². The number of hydrogen-bond donors (Lipinski definition) is 2. The number of nitrogens with zero attached hydrogens (tertiary/aromatic N) is 1. The van der Waals surface area contributed by atoms with Crippen LogP contribution >= 0.6 is 0 Å². The lowest BCUT2D eigenvalue weighted by Crippen LogP contribution is -2.03. The number of aromatic nitrogens is 1. The average Bonchev–Trinajstić information content (AvgIpc) is 2.83. The predicted octanol–water partition coefficient (Wildman–Crippen LogP) is 1.42. The highest BCUT2D eigenvalue weighted by Crippen LogP contribution is 2.38. The fourth-order valence-electron chi connectivity index (χ4n) is 1.67. The van der Waals surface area contributed by atoms with Gasteiger partial charge in [-0.1, -0.05) is 5.16 Å². The van der Waals surface area contributed by atoms with E-state index in [9.17, 15) is 9.90 Å². The topological polar surface area (TPSA) is 108 Å². The van der Waals surface area contributed by atoms with Crippen LogP contribution in [0.1, 0.15) is 10.4 Å². The molecule has 0 aliphatic heterocycles. The maximum Gasteiger partial charge on any atom is 0.341 e. The van der Waals surface area contributed by atoms with Gasteiger partial charge in [0.25, 0.3) is 0 Å². The summed E-state index contributed by atoms with van der Waals surface area (Å²) in [7, 11) is 2.65. The molecule has 0 atom stereocenters. The van der Waals surface area contributed by atoms with Crippen molar-refractivity contribution in [2.75, 3.05) is 20.0 Å². The van der Waals surface area contributed by atoms with E-state index in [2.05, 4.69) is 9.89 Å². The molecule has 0 aliphatic carbocycles. The monoisotopic (exact) mass is 264 g/mol. The molecule has 0 amide bonds. The number of anilines is 1. The minimum absolute atomic E-state index is 0.00102. The van der Waals surface area contributed by atoms with Crippen molar-refractivity contribution in [3.8, 4) is 22.6 Å². The van der Waals surface area contributed by atoms with Gasteiger partial charge in [-0.25, -0.2) is 4.79 Å². The molecule has 3 N–H and O–H groups in total. The maximum atomic E-state index is 11.5. The van der Waals surface area contributed by atoms with Crippen LogP contribution in [0.4, 0.5) is 5.88 Å². The lowest BCUT2D eigenvalue weighted by Gasteiger charge is -2.10. The van der Waals surface area contributed by atoms with Gasteiger partial charge in [0.2, 0.25) is 5.88 Å². The van der Waals surface area contributed by atoms with E-state index in [-0.39, 0.29) is 17.2 Å². The molecule has 1 aromatic carbocycles. The van der Waals surface area contributed by atoms with Crippen molar-refractivity contribution in [2.24, 2.45) is 0 Å². The van der Waals surface area contributed by atoms with Crippen LogP contribution in [0.25, 0.3) is 11.1 Å². The molecule has 0 bridgehead atoms. The number of phenols is 1. The number of benzene rings is 1. The summed E-state index contributed by atoms with van der Waals surface area (Å²) in [5, 5.41) is 13.3. The molecule has 0 unspecified atom stereocenters. The van der Waals surface area contributed by atoms with Gasteiger partial charge in [0.1, 0.15) is 17.1 Å². The lowest BCUT2D eigenvalue weighted by atomic mass is 10.0. The van der Waals surface area contributed by atoms with Crippen LogP contribution in [0.15, 0.2) is 22.9 Å². The fourth-order valence-corrected chi connectivity index (χ4v) is 1.67. The molecular weight excluding hydrogens is 252 g/mol. The summed E-state index contributed by atoms with van der Waals surface area (Å²) in [4.78, 5) is 11.5. The summed E-state index contributed by atoms with van der Waals surface area (Å²) in [6, 6.07) is 2.71. The second kappa shape index (κ2) is 4.89. The summed E-state index contributed by atoms with van der Waals surface area (Å²) in [5.74, 6) is -0.501. The summed E-state index contributed by atoms with van der Waals surface area (Å²) in [6.07, 6.45) is 1.39. The Kier molecular flexibility index (Phi) is 3.28. The molecule has 7 nitrogen and oxygen atoms in total. The third-order valence-corrected chi connectivity index (χ3v) is 2.61. The third-order valence-electron chi connectivity index (χ3n) is 2.61. The van der Waals surface area contributed by atoms with Crippen molar-refractivity contribution in [1.82, 2.24) is 5.16 Å². The predicted molar refractivity (Wildman–Crippen MR) is 65.9 cm³/mol. The third kappa shape index (κ3) is 2.17. The molecule has 0 saturated heterocycles. The zero-order valence-corrected chi connectivity index (χ0v) is 10.3. The van der Waals surface area contributed by atoms with Gasteiger partial charge in [0.15, 0.2) is 0 Å². The van der Waals surface area contributed by atoms with Crippen LogP contribution < -0.4 is 10.5 Å². The molecular formula is C12H12N2O5. The van der Waals surface area contributed by atoms with Gasteiger partial charge >= 0.3 is 5.97 Å². The molecule has 0 fully saturated rings. The van der Waals surface area contributed by atoms with Gasteiger partial charge in [-0.05, 0) is 6.07 Å². The molecule has 0 saturated carbocycles. The van der Waals surface area contributed by atoms with Crippen LogP contribution in [-0.2, 0) is 4.74 Å². The van der Waals surface area contributed by atoms with Gasteiger partial charge in [0, 0.05) is 11.6 Å². The molecule has 1 heterocycles. The normalized spacial score (nSPS) is 10.2. The molecule has 7 heteroatoms. The van der Waals surface area contributed by atoms with E-state index in [1.165, 1.54) is 32.5 Å². The van der Waals surface area contributed by atoms with Gasteiger partial charge in [0.05, 0.1) is 26.0 Å². The Morgan fingerprint density at radius 3 is 2.63 bits per heavy atom. The number of rotatable bonds is 3. The number of nitrogen functional groups attached to an aromatic ring is 1. The fraction of sp³-hybridized carbons (Fsp3) is 0.167. The van der Waals surface area contributed by atoms with Crippen molar-refractivity contribution in [3.05, 3.63) is 23.9 Å². The number of aromatic hydroxyl groups is 1. The Morgan fingerprint density at radius 2 is 2.11 bits per heavy atom. The Bertz CT molecular complexity index is 621. The van der Waals surface area contributed by atoms with E-state index >= 15 is 0 Å². The quantitative estimate of drug-likeness (QED) is 0.807. The second-order valence-corrected chi connectivity index (χ2v) is 3.66. The first-order valence-corrected chi connectivity index (χ1v) is 5.28. The van der Waals surface area contributed by atoms with E-state index in [4.69, 9.17) is 15.0 Å². The zero-order valence-electron chi connectivity index (χ0n) is 10.3. The van der Waals surface area contributed by atoms with Crippen LogP contribution in [0.2, 0.25) is 0 Å². The summed E-state index contributed by atoms with van der Waals surface area (Å²) in [5.41, 5.74) is 6.56. The highest BCUT2D eigenvalue weighted by atomic mass is 16.5. The smallest absolute Gasteiger partial charge is 0.341 e. The lowest BCUT2D eigenvalue weighted by molar-refractivity contribution is 0.0597. The van der Waals surface area contributed by atoms with E-state index in [0.29, 0.717) is 16.9 Å². The Balaban J connectivity index is 2.65. The molecule has 0 radical (unpaired) electrons. The number of phenolic OH excluding ortho intramolecular Hbond substituents is 1. The number of ether oxygens (including phenoxy) is 2. The number of methoxy groups -OCH3 is 2. The SMILES string of the molecule is COC(=O)c1cc(-c2cnoc2N)c(OC)cc1O. The number of hydrogen-bond acceptors (Lipinski definition) is 7. The highest BCUT2D eigenvalue weighted by molar-refractivity contribution is 5.95. The summed E-state index contributed by atoms with van der Waals surface area (Å²) in [6.45, 7) is 0. The largest absolute Gasteiger partial charge is 0.507 e. The summed E-state index contributed by atoms with van der Waals surface area (Å²) >= 11 is 0. The Morgan fingerprint density at radius 1 is 1.37 bits per heavy atom. The van der Waals surface area contributed by atoms with Crippen molar-refractivity contribution in [2.45, 2.75) is 0 Å². The molecule has 100 valence electrons. The van der Waals surface area contributed by atoms with Crippen LogP contribution in [0, 0.1) is 0 Å². The first-order chi connectivity index (χ1) is 9.08. The second-order valence-electron chi connectivity index (χ2n) is 3.66. The van der Waals surface area contributed by atoms with E-state index < -0.39 is 5.97 Å². The van der Waals surface area contributed by atoms with Crippen LogP contribution in [-0.4, -0.2) is 30.5 Å². The van der Waals surface area contributed by atoms with Gasteiger partial charge in [-0.3, -0.25) is 0 Å². The van der Waals surface area contributed by atoms with Gasteiger partial charge < -0.3 is 24.8 Å². The molecule has 0 spiro atoms. The van der Waals surface area contributed by atoms with Gasteiger partial charge in [-0.15, -0.1) is 0 Å². The number of esters is 1.